The second-order valence-corrected chi connectivity index (χ2v) is 5.42. The van der Waals surface area contributed by atoms with Gasteiger partial charge in [0, 0.05) is 19.1 Å². The van der Waals surface area contributed by atoms with Crippen LogP contribution in [0.15, 0.2) is 0 Å². The van der Waals surface area contributed by atoms with E-state index < -0.39 is 12.6 Å². The number of ether oxygens (including phenoxy) is 1. The molecular weight excluding hydrogens is 231 g/mol. The Morgan fingerprint density at radius 1 is 1.35 bits per heavy atom. The van der Waals surface area contributed by atoms with Crippen LogP contribution in [0.4, 0.5) is 13.2 Å². The van der Waals surface area contributed by atoms with E-state index in [4.69, 9.17) is 4.74 Å². The summed E-state index contributed by atoms with van der Waals surface area (Å²) in [6.45, 7) is 4.51. The van der Waals surface area contributed by atoms with Crippen molar-refractivity contribution in [2.75, 3.05) is 13.7 Å². The maximum atomic E-state index is 12.0. The second-order valence-electron chi connectivity index (χ2n) is 5.42. The fourth-order valence-electron chi connectivity index (χ4n) is 2.60. The molecule has 0 aromatic rings. The first-order valence-electron chi connectivity index (χ1n) is 6.12. The van der Waals surface area contributed by atoms with E-state index in [0.29, 0.717) is 0 Å². The summed E-state index contributed by atoms with van der Waals surface area (Å²) in [6.07, 6.45) is -2.76. The van der Waals surface area contributed by atoms with Gasteiger partial charge in [-0.1, -0.05) is 13.8 Å². The summed E-state index contributed by atoms with van der Waals surface area (Å²) in [5, 5.41) is 3.21. The molecule has 0 saturated heterocycles. The summed E-state index contributed by atoms with van der Waals surface area (Å²) in [5.74, 6) is 0. The number of likely N-dealkylation sites (N-methyl/N-ethyl adjacent to an activating group) is 1. The molecule has 0 heterocycles. The molecule has 0 amide bonds. The first-order chi connectivity index (χ1) is 7.76. The third-order valence-corrected chi connectivity index (χ3v) is 3.53. The molecule has 2 unspecified atom stereocenters. The van der Waals surface area contributed by atoms with Gasteiger partial charge in [0.25, 0.3) is 0 Å². The highest BCUT2D eigenvalue weighted by atomic mass is 19.4. The molecule has 1 N–H and O–H groups in total. The predicted octanol–water partition coefficient (Wildman–Crippen LogP) is 3.12. The Bertz CT molecular complexity index is 240. The van der Waals surface area contributed by atoms with Crippen LogP contribution in [0.5, 0.6) is 0 Å². The van der Waals surface area contributed by atoms with Gasteiger partial charge in [-0.2, -0.15) is 13.2 Å². The van der Waals surface area contributed by atoms with Crippen molar-refractivity contribution in [3.8, 4) is 0 Å². The maximum Gasteiger partial charge on any atom is 0.389 e. The maximum absolute atomic E-state index is 12.0. The minimum Gasteiger partial charge on any atom is -0.377 e. The SMILES string of the molecule is CNC1C(OCCCC(F)(F)F)CCC1(C)C. The van der Waals surface area contributed by atoms with Crippen LogP contribution in [-0.2, 0) is 4.74 Å². The molecule has 1 aliphatic rings. The molecule has 0 aliphatic heterocycles. The number of hydrogen-bond acceptors (Lipinski definition) is 2. The van der Waals surface area contributed by atoms with Crippen molar-refractivity contribution in [2.45, 2.75) is 57.9 Å². The zero-order valence-electron chi connectivity index (χ0n) is 10.7. The van der Waals surface area contributed by atoms with Crippen molar-refractivity contribution in [2.24, 2.45) is 5.41 Å². The molecule has 102 valence electrons. The van der Waals surface area contributed by atoms with Crippen LogP contribution in [0.3, 0.4) is 0 Å². The molecule has 1 rings (SSSR count). The highest BCUT2D eigenvalue weighted by Gasteiger charge is 2.41. The first-order valence-corrected chi connectivity index (χ1v) is 6.12. The van der Waals surface area contributed by atoms with E-state index in [0.717, 1.165) is 12.8 Å². The lowest BCUT2D eigenvalue weighted by molar-refractivity contribution is -0.139. The number of rotatable bonds is 5. The molecule has 5 heteroatoms. The number of halogens is 3. The molecule has 0 bridgehead atoms. The van der Waals surface area contributed by atoms with E-state index in [1.54, 1.807) is 0 Å². The van der Waals surface area contributed by atoms with Crippen LogP contribution in [0.25, 0.3) is 0 Å². The fourth-order valence-corrected chi connectivity index (χ4v) is 2.60. The van der Waals surface area contributed by atoms with E-state index in [1.807, 2.05) is 7.05 Å². The van der Waals surface area contributed by atoms with E-state index in [-0.39, 0.29) is 30.6 Å². The molecular formula is C12H22F3NO. The largest absolute Gasteiger partial charge is 0.389 e. The van der Waals surface area contributed by atoms with Crippen molar-refractivity contribution in [1.82, 2.24) is 5.32 Å². The molecule has 1 aliphatic carbocycles. The van der Waals surface area contributed by atoms with Crippen LogP contribution in [0.1, 0.15) is 39.5 Å². The average Bonchev–Trinajstić information content (AvgIpc) is 2.46. The molecule has 0 aromatic carbocycles. The van der Waals surface area contributed by atoms with Crippen LogP contribution in [-0.4, -0.2) is 32.0 Å². The van der Waals surface area contributed by atoms with E-state index in [2.05, 4.69) is 19.2 Å². The van der Waals surface area contributed by atoms with Crippen LogP contribution < -0.4 is 5.32 Å². The lowest BCUT2D eigenvalue weighted by Gasteiger charge is -2.30. The summed E-state index contributed by atoms with van der Waals surface area (Å²) in [6, 6.07) is 0.230. The van der Waals surface area contributed by atoms with Crippen molar-refractivity contribution in [3.05, 3.63) is 0 Å². The van der Waals surface area contributed by atoms with Crippen molar-refractivity contribution in [3.63, 3.8) is 0 Å². The minimum absolute atomic E-state index is 0.0447. The summed E-state index contributed by atoms with van der Waals surface area (Å²) in [7, 11) is 1.88. The highest BCUT2D eigenvalue weighted by Crippen LogP contribution is 2.38. The Hall–Kier alpha value is -0.290. The average molecular weight is 253 g/mol. The first kappa shape index (κ1) is 14.8. The molecule has 1 fully saturated rings. The lowest BCUT2D eigenvalue weighted by Crippen LogP contribution is -2.43. The molecule has 2 atom stereocenters. The molecule has 17 heavy (non-hydrogen) atoms. The smallest absolute Gasteiger partial charge is 0.377 e. The predicted molar refractivity (Wildman–Crippen MR) is 60.9 cm³/mol. The monoisotopic (exact) mass is 253 g/mol. The Morgan fingerprint density at radius 2 is 2.00 bits per heavy atom. The van der Waals surface area contributed by atoms with Gasteiger partial charge >= 0.3 is 6.18 Å². The number of hydrogen-bond donors (Lipinski definition) is 1. The minimum atomic E-state index is -4.07. The van der Waals surface area contributed by atoms with Gasteiger partial charge in [-0.05, 0) is 31.7 Å². The quantitative estimate of drug-likeness (QED) is 0.760. The number of nitrogens with one attached hydrogen (secondary N) is 1. The normalized spacial score (nSPS) is 28.6. The van der Waals surface area contributed by atoms with Gasteiger partial charge < -0.3 is 10.1 Å². The topological polar surface area (TPSA) is 21.3 Å². The molecule has 2 nitrogen and oxygen atoms in total. The van der Waals surface area contributed by atoms with Gasteiger partial charge in [-0.3, -0.25) is 0 Å². The summed E-state index contributed by atoms with van der Waals surface area (Å²) in [4.78, 5) is 0. The van der Waals surface area contributed by atoms with Crippen LogP contribution >= 0.6 is 0 Å². The van der Waals surface area contributed by atoms with Gasteiger partial charge in [0.05, 0.1) is 6.10 Å². The van der Waals surface area contributed by atoms with E-state index >= 15 is 0 Å². The summed E-state index contributed by atoms with van der Waals surface area (Å²) in [5.41, 5.74) is 0.156. The van der Waals surface area contributed by atoms with Gasteiger partial charge in [0.1, 0.15) is 0 Å². The fraction of sp³-hybridized carbons (Fsp3) is 1.00. The Kier molecular flexibility index (Phi) is 4.84. The molecule has 0 radical (unpaired) electrons. The number of alkyl halides is 3. The molecule has 0 spiro atoms. The van der Waals surface area contributed by atoms with Crippen LogP contribution in [0, 0.1) is 5.41 Å². The van der Waals surface area contributed by atoms with Gasteiger partial charge in [0.15, 0.2) is 0 Å². The van der Waals surface area contributed by atoms with E-state index in [1.165, 1.54) is 0 Å². The summed E-state index contributed by atoms with van der Waals surface area (Å²) < 4.78 is 41.4. The standard InChI is InChI=1S/C12H22F3NO/c1-11(2)7-5-9(10(11)16-3)17-8-4-6-12(13,14)15/h9-10,16H,4-8H2,1-3H3. The van der Waals surface area contributed by atoms with Crippen molar-refractivity contribution >= 4 is 0 Å². The Morgan fingerprint density at radius 3 is 2.53 bits per heavy atom. The summed E-state index contributed by atoms with van der Waals surface area (Å²) >= 11 is 0. The third-order valence-electron chi connectivity index (χ3n) is 3.53. The second kappa shape index (κ2) is 5.57. The molecule has 0 aromatic heterocycles. The van der Waals surface area contributed by atoms with Gasteiger partial charge in [-0.15, -0.1) is 0 Å². The van der Waals surface area contributed by atoms with Gasteiger partial charge in [-0.25, -0.2) is 0 Å². The Balaban J connectivity index is 2.28. The zero-order chi connectivity index (χ0) is 13.1. The van der Waals surface area contributed by atoms with Crippen molar-refractivity contribution in [1.29, 1.82) is 0 Å². The zero-order valence-corrected chi connectivity index (χ0v) is 10.7. The van der Waals surface area contributed by atoms with Crippen LogP contribution in [0.2, 0.25) is 0 Å². The van der Waals surface area contributed by atoms with Gasteiger partial charge in [0.2, 0.25) is 0 Å². The van der Waals surface area contributed by atoms with E-state index in [9.17, 15) is 13.2 Å². The Labute approximate surface area is 101 Å². The lowest BCUT2D eigenvalue weighted by atomic mass is 9.87. The van der Waals surface area contributed by atoms with Crippen molar-refractivity contribution < 1.29 is 17.9 Å². The molecule has 1 saturated carbocycles. The highest BCUT2D eigenvalue weighted by molar-refractivity contribution is 4.96. The third kappa shape index (κ3) is 4.47.